The zero-order valence-electron chi connectivity index (χ0n) is 12.5. The quantitative estimate of drug-likeness (QED) is 0.746. The van der Waals surface area contributed by atoms with E-state index in [1.165, 1.54) is 16.7 Å². The molecule has 0 bridgehead atoms. The minimum absolute atomic E-state index is 0.0216. The Labute approximate surface area is 129 Å². The van der Waals surface area contributed by atoms with E-state index in [1.54, 1.807) is 0 Å². The van der Waals surface area contributed by atoms with E-state index in [0.29, 0.717) is 5.69 Å². The molecule has 0 atom stereocenters. The first-order valence-electron chi connectivity index (χ1n) is 7.66. The van der Waals surface area contributed by atoms with Gasteiger partial charge >= 0.3 is 0 Å². The molecule has 4 rings (SSSR count). The number of fused-ring (bicyclic) bond motifs is 2. The zero-order chi connectivity index (χ0) is 15.1. The van der Waals surface area contributed by atoms with Gasteiger partial charge in [-0.3, -0.25) is 4.79 Å². The van der Waals surface area contributed by atoms with Crippen molar-refractivity contribution >= 4 is 16.8 Å². The van der Waals surface area contributed by atoms with Crippen LogP contribution in [0.5, 0.6) is 0 Å². The van der Waals surface area contributed by atoms with Crippen LogP contribution >= 0.6 is 0 Å². The van der Waals surface area contributed by atoms with Crippen LogP contribution in [0.25, 0.3) is 10.9 Å². The topological polar surface area (TPSA) is 44.9 Å². The number of hydrogen-bond acceptors (Lipinski definition) is 1. The van der Waals surface area contributed by atoms with Gasteiger partial charge in [0.25, 0.3) is 5.91 Å². The van der Waals surface area contributed by atoms with Gasteiger partial charge in [0.1, 0.15) is 5.69 Å². The minimum atomic E-state index is -0.0216. The summed E-state index contributed by atoms with van der Waals surface area (Å²) in [6.45, 7) is 2.06. The molecule has 0 saturated heterocycles. The Bertz CT molecular complexity index is 838. The van der Waals surface area contributed by atoms with E-state index in [2.05, 4.69) is 47.6 Å². The molecule has 22 heavy (non-hydrogen) atoms. The number of amides is 1. The van der Waals surface area contributed by atoms with Gasteiger partial charge in [-0.2, -0.15) is 0 Å². The van der Waals surface area contributed by atoms with Crippen LogP contribution in [0.15, 0.2) is 48.5 Å². The van der Waals surface area contributed by atoms with Crippen LogP contribution in [0, 0.1) is 6.92 Å². The Morgan fingerprint density at radius 1 is 1.09 bits per heavy atom. The molecule has 2 aromatic carbocycles. The maximum absolute atomic E-state index is 12.5. The maximum atomic E-state index is 12.5. The van der Waals surface area contributed by atoms with Crippen LogP contribution in [-0.2, 0) is 12.8 Å². The van der Waals surface area contributed by atoms with Gasteiger partial charge in [-0.15, -0.1) is 0 Å². The first-order valence-corrected chi connectivity index (χ1v) is 7.66. The summed E-state index contributed by atoms with van der Waals surface area (Å²) in [6, 6.07) is 16.7. The molecule has 110 valence electrons. The number of hydrogen-bond donors (Lipinski definition) is 2. The monoisotopic (exact) mass is 290 g/mol. The van der Waals surface area contributed by atoms with E-state index in [0.717, 1.165) is 23.7 Å². The van der Waals surface area contributed by atoms with Crippen LogP contribution in [0.3, 0.4) is 0 Å². The summed E-state index contributed by atoms with van der Waals surface area (Å²) in [5.41, 5.74) is 5.53. The number of nitrogens with one attached hydrogen (secondary N) is 2. The molecule has 1 heterocycles. The predicted molar refractivity (Wildman–Crippen MR) is 88.1 cm³/mol. The van der Waals surface area contributed by atoms with Gasteiger partial charge in [0, 0.05) is 16.9 Å². The Morgan fingerprint density at radius 3 is 2.55 bits per heavy atom. The van der Waals surface area contributed by atoms with E-state index in [-0.39, 0.29) is 11.9 Å². The molecule has 1 aliphatic rings. The lowest BCUT2D eigenvalue weighted by Crippen LogP contribution is -2.35. The summed E-state index contributed by atoms with van der Waals surface area (Å²) in [5.74, 6) is -0.0216. The maximum Gasteiger partial charge on any atom is 0.267 e. The van der Waals surface area contributed by atoms with Crippen molar-refractivity contribution in [3.05, 3.63) is 70.9 Å². The molecular weight excluding hydrogens is 272 g/mol. The molecule has 0 aliphatic heterocycles. The fourth-order valence-corrected chi connectivity index (χ4v) is 3.30. The van der Waals surface area contributed by atoms with Crippen molar-refractivity contribution in [2.45, 2.75) is 25.8 Å². The summed E-state index contributed by atoms with van der Waals surface area (Å²) in [4.78, 5) is 15.7. The van der Waals surface area contributed by atoms with Crippen molar-refractivity contribution in [2.75, 3.05) is 0 Å². The largest absolute Gasteiger partial charge is 0.351 e. The average molecular weight is 290 g/mol. The normalized spacial score (nSPS) is 14.2. The Hall–Kier alpha value is -2.55. The number of rotatable bonds is 2. The fourth-order valence-electron chi connectivity index (χ4n) is 3.30. The van der Waals surface area contributed by atoms with E-state index in [4.69, 9.17) is 0 Å². The predicted octanol–water partition coefficient (Wildman–Crippen LogP) is 3.37. The smallest absolute Gasteiger partial charge is 0.267 e. The van der Waals surface area contributed by atoms with E-state index in [1.807, 2.05) is 18.2 Å². The molecular formula is C19H18N2O. The summed E-state index contributed by atoms with van der Waals surface area (Å²) in [5, 5.41) is 4.23. The Morgan fingerprint density at radius 2 is 1.82 bits per heavy atom. The van der Waals surface area contributed by atoms with Gasteiger partial charge in [0.2, 0.25) is 0 Å². The van der Waals surface area contributed by atoms with Crippen LogP contribution in [0.2, 0.25) is 0 Å². The number of benzene rings is 2. The molecule has 1 aromatic heterocycles. The molecule has 0 saturated carbocycles. The van der Waals surface area contributed by atoms with Crippen molar-refractivity contribution in [2.24, 2.45) is 0 Å². The second-order valence-electron chi connectivity index (χ2n) is 6.12. The van der Waals surface area contributed by atoms with E-state index < -0.39 is 0 Å². The van der Waals surface area contributed by atoms with Gasteiger partial charge in [-0.25, -0.2) is 0 Å². The van der Waals surface area contributed by atoms with Gasteiger partial charge in [0.15, 0.2) is 0 Å². The summed E-state index contributed by atoms with van der Waals surface area (Å²) in [7, 11) is 0. The van der Waals surface area contributed by atoms with Gasteiger partial charge in [-0.05, 0) is 49.1 Å². The number of carbonyl (C=O) groups excluding carboxylic acids is 1. The molecule has 1 aliphatic carbocycles. The minimum Gasteiger partial charge on any atom is -0.351 e. The van der Waals surface area contributed by atoms with Crippen LogP contribution in [0.1, 0.15) is 27.2 Å². The number of aromatic nitrogens is 1. The number of aryl methyl sites for hydroxylation is 1. The Balaban J connectivity index is 1.52. The molecule has 0 unspecified atom stereocenters. The Kier molecular flexibility index (Phi) is 3.00. The van der Waals surface area contributed by atoms with Crippen molar-refractivity contribution in [1.29, 1.82) is 0 Å². The van der Waals surface area contributed by atoms with Crippen LogP contribution in [0.4, 0.5) is 0 Å². The zero-order valence-corrected chi connectivity index (χ0v) is 12.5. The van der Waals surface area contributed by atoms with Crippen molar-refractivity contribution in [3.8, 4) is 0 Å². The second-order valence-corrected chi connectivity index (χ2v) is 6.12. The van der Waals surface area contributed by atoms with E-state index in [9.17, 15) is 4.79 Å². The average Bonchev–Trinajstić information content (AvgIpc) is 3.09. The first-order chi connectivity index (χ1) is 10.7. The van der Waals surface area contributed by atoms with Gasteiger partial charge in [-0.1, -0.05) is 35.9 Å². The third-order valence-electron chi connectivity index (χ3n) is 4.41. The SMILES string of the molecule is Cc1ccc2[nH]c(C(=O)NC3Cc4ccccc4C3)cc2c1. The lowest BCUT2D eigenvalue weighted by atomic mass is 10.1. The number of aromatic amines is 1. The molecule has 1 amide bonds. The molecule has 3 heteroatoms. The van der Waals surface area contributed by atoms with Gasteiger partial charge in [0.05, 0.1) is 0 Å². The molecule has 0 spiro atoms. The van der Waals surface area contributed by atoms with Crippen LogP contribution in [-0.4, -0.2) is 16.9 Å². The third kappa shape index (κ3) is 2.29. The fraction of sp³-hybridized carbons (Fsp3) is 0.211. The summed E-state index contributed by atoms with van der Waals surface area (Å²) in [6.07, 6.45) is 1.84. The molecule has 0 radical (unpaired) electrons. The highest BCUT2D eigenvalue weighted by atomic mass is 16.1. The number of H-pyrrole nitrogens is 1. The highest BCUT2D eigenvalue weighted by molar-refractivity contribution is 5.98. The van der Waals surface area contributed by atoms with Crippen molar-refractivity contribution in [1.82, 2.24) is 10.3 Å². The van der Waals surface area contributed by atoms with Crippen molar-refractivity contribution in [3.63, 3.8) is 0 Å². The lowest BCUT2D eigenvalue weighted by molar-refractivity contribution is 0.0934. The first kappa shape index (κ1) is 13.1. The van der Waals surface area contributed by atoms with Crippen LogP contribution < -0.4 is 5.32 Å². The highest BCUT2D eigenvalue weighted by Gasteiger charge is 2.23. The summed E-state index contributed by atoms with van der Waals surface area (Å²) < 4.78 is 0. The van der Waals surface area contributed by atoms with Crippen molar-refractivity contribution < 1.29 is 4.79 Å². The molecule has 2 N–H and O–H groups in total. The third-order valence-corrected chi connectivity index (χ3v) is 4.41. The van der Waals surface area contributed by atoms with Gasteiger partial charge < -0.3 is 10.3 Å². The summed E-state index contributed by atoms with van der Waals surface area (Å²) >= 11 is 0. The lowest BCUT2D eigenvalue weighted by Gasteiger charge is -2.10. The highest BCUT2D eigenvalue weighted by Crippen LogP contribution is 2.22. The molecule has 0 fully saturated rings. The number of carbonyl (C=O) groups is 1. The molecule has 3 aromatic rings. The molecule has 3 nitrogen and oxygen atoms in total. The second kappa shape index (κ2) is 5.02. The standard InChI is InChI=1S/C19H18N2O/c1-12-6-7-17-15(8-12)11-18(21-17)19(22)20-16-9-13-4-2-3-5-14(13)10-16/h2-8,11,16,21H,9-10H2,1H3,(H,20,22). The van der Waals surface area contributed by atoms with E-state index >= 15 is 0 Å².